The third-order valence-corrected chi connectivity index (χ3v) is 4.47. The van der Waals surface area contributed by atoms with E-state index in [1.54, 1.807) is 30.6 Å². The molecule has 6 nitrogen and oxygen atoms in total. The maximum atomic E-state index is 13.1. The highest BCUT2D eigenvalue weighted by Gasteiger charge is 2.03. The first-order valence-corrected chi connectivity index (χ1v) is 10.4. The number of aromatic amines is 1. The number of benzene rings is 2. The summed E-state index contributed by atoms with van der Waals surface area (Å²) in [6.07, 6.45) is 3.44. The molecule has 0 unspecified atom stereocenters. The molecule has 2 heterocycles. The summed E-state index contributed by atoms with van der Waals surface area (Å²) in [6.45, 7) is 0. The quantitative estimate of drug-likeness (QED) is 0.283. The van der Waals surface area contributed by atoms with Gasteiger partial charge in [0.05, 0.1) is 32.7 Å². The summed E-state index contributed by atoms with van der Waals surface area (Å²) in [4.78, 5) is 0. The molecule has 0 amide bonds. The first-order chi connectivity index (χ1) is 14.8. The van der Waals surface area contributed by atoms with Gasteiger partial charge in [-0.15, -0.1) is 0 Å². The molecule has 0 saturated carbocycles. The van der Waals surface area contributed by atoms with E-state index in [4.69, 9.17) is 10.5 Å². The van der Waals surface area contributed by atoms with Crippen molar-refractivity contribution < 1.29 is 13.2 Å². The van der Waals surface area contributed by atoms with E-state index in [2.05, 4.69) is 60.5 Å². The van der Waals surface area contributed by atoms with Crippen LogP contribution >= 0.6 is 45.2 Å². The van der Waals surface area contributed by atoms with E-state index < -0.39 is 17.5 Å². The number of H-pyrrole nitrogens is 1. The van der Waals surface area contributed by atoms with Gasteiger partial charge in [0.2, 0.25) is 0 Å². The van der Waals surface area contributed by atoms with Gasteiger partial charge in [0.1, 0.15) is 21.2 Å². The lowest BCUT2D eigenvalue weighted by molar-refractivity contribution is 0.582. The topological polar surface area (TPSA) is 94.1 Å². The Balaban J connectivity index is 0.000000183. The average Bonchev–Trinajstić information content (AvgIpc) is 3.38. The average molecular weight is 646 g/mol. The lowest BCUT2D eigenvalue weighted by atomic mass is 10.2. The van der Waals surface area contributed by atoms with E-state index in [9.17, 15) is 13.2 Å². The second kappa shape index (κ2) is 12.1. The van der Waals surface area contributed by atoms with E-state index in [1.807, 2.05) is 12.1 Å². The maximum Gasteiger partial charge on any atom is 0.127 e. The zero-order valence-corrected chi connectivity index (χ0v) is 19.7. The Hall–Kier alpha value is -2.91. The molecule has 0 aliphatic heterocycles. The highest BCUT2D eigenvalue weighted by molar-refractivity contribution is 14.1. The summed E-state index contributed by atoms with van der Waals surface area (Å²) in [5.74, 6) is -1.89. The molecule has 11 heteroatoms. The summed E-state index contributed by atoms with van der Waals surface area (Å²) in [5, 5.41) is 27.4. The van der Waals surface area contributed by atoms with Crippen LogP contribution < -0.4 is 0 Å². The first kappa shape index (κ1) is 24.4. The van der Waals surface area contributed by atoms with E-state index >= 15 is 0 Å². The highest BCUT2D eigenvalue weighted by Crippen LogP contribution is 2.13. The summed E-state index contributed by atoms with van der Waals surface area (Å²) in [5.41, 5.74) is 0.836. The summed E-state index contributed by atoms with van der Waals surface area (Å²) < 4.78 is 41.0. The molecule has 0 bridgehead atoms. The minimum absolute atomic E-state index is 0.00231. The van der Waals surface area contributed by atoms with E-state index in [-0.39, 0.29) is 11.1 Å². The van der Waals surface area contributed by atoms with Crippen molar-refractivity contribution in [2.75, 3.05) is 0 Å². The molecule has 0 radical (unpaired) electrons. The van der Waals surface area contributed by atoms with Gasteiger partial charge in [-0.3, -0.25) is 5.10 Å². The van der Waals surface area contributed by atoms with Crippen molar-refractivity contribution in [1.82, 2.24) is 20.0 Å². The molecule has 0 aliphatic rings. The molecular weight excluding hydrogens is 635 g/mol. The number of halogens is 5. The summed E-state index contributed by atoms with van der Waals surface area (Å²) >= 11 is 4.22. The van der Waals surface area contributed by atoms with Crippen LogP contribution in [-0.4, -0.2) is 20.0 Å². The van der Waals surface area contributed by atoms with Crippen molar-refractivity contribution in [3.8, 4) is 17.8 Å². The molecule has 4 rings (SSSR count). The number of nitrogens with zero attached hydrogens (tertiary/aromatic N) is 5. The Bertz CT molecular complexity index is 1210. The monoisotopic (exact) mass is 646 g/mol. The van der Waals surface area contributed by atoms with E-state index in [1.165, 1.54) is 16.8 Å². The molecule has 0 atom stereocenters. The Labute approximate surface area is 202 Å². The Kier molecular flexibility index (Phi) is 9.48. The van der Waals surface area contributed by atoms with Crippen molar-refractivity contribution in [3.05, 3.63) is 96.9 Å². The van der Waals surface area contributed by atoms with Gasteiger partial charge in [0.15, 0.2) is 0 Å². The Morgan fingerprint density at radius 1 is 0.839 bits per heavy atom. The molecular formula is C20H11F3I2N6. The Morgan fingerprint density at radius 3 is 1.84 bits per heavy atom. The van der Waals surface area contributed by atoms with Gasteiger partial charge >= 0.3 is 0 Å². The summed E-state index contributed by atoms with van der Waals surface area (Å²) in [6, 6.07) is 14.0. The number of rotatable bonds is 1. The van der Waals surface area contributed by atoms with Crippen LogP contribution in [0.15, 0.2) is 60.9 Å². The smallest absolute Gasteiger partial charge is 0.127 e. The van der Waals surface area contributed by atoms with Crippen LogP contribution in [0.4, 0.5) is 13.2 Å². The second-order valence-electron chi connectivity index (χ2n) is 5.57. The number of nitriles is 2. The number of hydrogen-bond acceptors (Lipinski definition) is 4. The van der Waals surface area contributed by atoms with Gasteiger partial charge in [0.25, 0.3) is 0 Å². The fourth-order valence-electron chi connectivity index (χ4n) is 2.07. The standard InChI is InChI=1S/C10H5FIN3.C7H3F2N.C3H3IN2/c11-8-3-7(6-13)4-9(5-8)15-2-1-10(12)14-15;8-6-1-5(4-10)2-7(9)3-6;4-3-1-2-5-6-3/h1-5H;1-3H;1-2H,(H,5,6). The molecule has 0 spiro atoms. The van der Waals surface area contributed by atoms with Crippen molar-refractivity contribution >= 4 is 45.2 Å². The predicted octanol–water partition coefficient (Wildman–Crippen LogP) is 5.34. The number of hydrogen-bond donors (Lipinski definition) is 1. The fourth-order valence-corrected chi connectivity index (χ4v) is 2.77. The number of aromatic nitrogens is 4. The molecule has 0 saturated heterocycles. The molecule has 2 aromatic heterocycles. The minimum atomic E-state index is -0.725. The molecule has 31 heavy (non-hydrogen) atoms. The minimum Gasteiger partial charge on any atom is -0.272 e. The van der Waals surface area contributed by atoms with Crippen LogP contribution in [0.5, 0.6) is 0 Å². The van der Waals surface area contributed by atoms with E-state index in [0.29, 0.717) is 5.69 Å². The van der Waals surface area contributed by atoms with Gasteiger partial charge in [-0.25, -0.2) is 17.9 Å². The van der Waals surface area contributed by atoms with Crippen molar-refractivity contribution in [2.45, 2.75) is 0 Å². The first-order valence-electron chi connectivity index (χ1n) is 8.24. The maximum absolute atomic E-state index is 13.1. The number of nitrogens with one attached hydrogen (secondary N) is 1. The molecule has 4 aromatic rings. The van der Waals surface area contributed by atoms with Crippen LogP contribution in [-0.2, 0) is 0 Å². The zero-order valence-electron chi connectivity index (χ0n) is 15.4. The zero-order chi connectivity index (χ0) is 22.8. The van der Waals surface area contributed by atoms with Crippen molar-refractivity contribution in [2.24, 2.45) is 0 Å². The van der Waals surface area contributed by atoms with Crippen LogP contribution in [0.2, 0.25) is 0 Å². The second-order valence-corrected chi connectivity index (χ2v) is 7.83. The highest BCUT2D eigenvalue weighted by atomic mass is 127. The van der Waals surface area contributed by atoms with E-state index in [0.717, 1.165) is 25.6 Å². The lowest BCUT2D eigenvalue weighted by Crippen LogP contribution is -1.96. The molecule has 0 aliphatic carbocycles. The lowest BCUT2D eigenvalue weighted by Gasteiger charge is -2.01. The van der Waals surface area contributed by atoms with Gasteiger partial charge in [0, 0.05) is 18.5 Å². The fraction of sp³-hybridized carbons (Fsp3) is 0. The van der Waals surface area contributed by atoms with Gasteiger partial charge in [-0.05, 0) is 87.6 Å². The summed E-state index contributed by atoms with van der Waals surface area (Å²) in [7, 11) is 0. The van der Waals surface area contributed by atoms with Crippen LogP contribution in [0.3, 0.4) is 0 Å². The normalized spacial score (nSPS) is 9.39. The van der Waals surface area contributed by atoms with Crippen molar-refractivity contribution in [3.63, 3.8) is 0 Å². The van der Waals surface area contributed by atoms with Crippen LogP contribution in [0.25, 0.3) is 5.69 Å². The molecule has 156 valence electrons. The molecule has 1 N–H and O–H groups in total. The molecule has 2 aromatic carbocycles. The van der Waals surface area contributed by atoms with Crippen LogP contribution in [0, 0.1) is 47.5 Å². The Morgan fingerprint density at radius 2 is 1.42 bits per heavy atom. The van der Waals surface area contributed by atoms with Crippen LogP contribution in [0.1, 0.15) is 11.1 Å². The van der Waals surface area contributed by atoms with Gasteiger partial charge < -0.3 is 0 Å². The molecule has 0 fully saturated rings. The third-order valence-electron chi connectivity index (χ3n) is 3.29. The predicted molar refractivity (Wildman–Crippen MR) is 123 cm³/mol. The van der Waals surface area contributed by atoms with Crippen molar-refractivity contribution in [1.29, 1.82) is 10.5 Å². The largest absolute Gasteiger partial charge is 0.272 e. The van der Waals surface area contributed by atoms with Gasteiger partial charge in [-0.2, -0.15) is 20.7 Å². The third kappa shape index (κ3) is 8.39. The SMILES string of the molecule is Ic1ccn[nH]1.N#Cc1cc(F)cc(-n2ccc(I)n2)c1.N#Cc1cc(F)cc(F)c1. The van der Waals surface area contributed by atoms with Gasteiger partial charge in [-0.1, -0.05) is 0 Å².